The third kappa shape index (κ3) is 4.43. The fourth-order valence-corrected chi connectivity index (χ4v) is 5.14. The maximum atomic E-state index is 11.3. The molecule has 0 radical (unpaired) electrons. The number of anilines is 1. The zero-order valence-electron chi connectivity index (χ0n) is 17.0. The zero-order chi connectivity index (χ0) is 21.3. The molecule has 4 rings (SSSR count). The van der Waals surface area contributed by atoms with Gasteiger partial charge < -0.3 is 5.11 Å². The molecule has 0 atom stereocenters. The summed E-state index contributed by atoms with van der Waals surface area (Å²) in [4.78, 5) is 28.9. The van der Waals surface area contributed by atoms with Crippen molar-refractivity contribution in [2.75, 3.05) is 12.2 Å². The van der Waals surface area contributed by atoms with E-state index in [-0.39, 0.29) is 11.8 Å². The van der Waals surface area contributed by atoms with Crippen LogP contribution in [0.3, 0.4) is 0 Å². The SMILES string of the molecule is CON(Cc1cccc(Cl)c1)c1nc(C2CCC(C(=O)O)CC2)nc2sc(C)cc12. The maximum absolute atomic E-state index is 11.3. The van der Waals surface area contributed by atoms with Crippen molar-refractivity contribution in [3.63, 3.8) is 0 Å². The number of carboxylic acids is 1. The highest BCUT2D eigenvalue weighted by atomic mass is 35.5. The number of carbonyl (C=O) groups is 1. The minimum Gasteiger partial charge on any atom is -0.481 e. The highest BCUT2D eigenvalue weighted by Crippen LogP contribution is 2.38. The van der Waals surface area contributed by atoms with E-state index in [1.165, 1.54) is 0 Å². The average Bonchev–Trinajstić information content (AvgIpc) is 3.11. The van der Waals surface area contributed by atoms with E-state index in [0.29, 0.717) is 24.4 Å². The van der Waals surface area contributed by atoms with Crippen molar-refractivity contribution in [1.29, 1.82) is 0 Å². The van der Waals surface area contributed by atoms with Gasteiger partial charge in [0.2, 0.25) is 0 Å². The third-order valence-corrected chi connectivity index (χ3v) is 6.81. The van der Waals surface area contributed by atoms with Crippen LogP contribution in [0.4, 0.5) is 5.82 Å². The van der Waals surface area contributed by atoms with Crippen LogP contribution in [0, 0.1) is 12.8 Å². The summed E-state index contributed by atoms with van der Waals surface area (Å²) in [5.74, 6) is 0.716. The van der Waals surface area contributed by atoms with Crippen LogP contribution in [0.2, 0.25) is 5.02 Å². The first-order valence-corrected chi connectivity index (χ1v) is 11.2. The van der Waals surface area contributed by atoms with Gasteiger partial charge in [0.25, 0.3) is 0 Å². The monoisotopic (exact) mass is 445 g/mol. The van der Waals surface area contributed by atoms with Gasteiger partial charge in [-0.1, -0.05) is 23.7 Å². The molecule has 8 heteroatoms. The molecule has 2 heterocycles. The predicted octanol–water partition coefficient (Wildman–Crippen LogP) is 5.58. The number of thiophene rings is 1. The van der Waals surface area contributed by atoms with Gasteiger partial charge in [-0.15, -0.1) is 11.3 Å². The van der Waals surface area contributed by atoms with Crippen LogP contribution in [0.15, 0.2) is 30.3 Å². The lowest BCUT2D eigenvalue weighted by Crippen LogP contribution is -2.25. The molecule has 6 nitrogen and oxygen atoms in total. The molecule has 1 fully saturated rings. The van der Waals surface area contributed by atoms with Crippen molar-refractivity contribution < 1.29 is 14.7 Å². The lowest BCUT2D eigenvalue weighted by atomic mass is 9.81. The van der Waals surface area contributed by atoms with E-state index in [4.69, 9.17) is 26.4 Å². The van der Waals surface area contributed by atoms with E-state index in [2.05, 4.69) is 13.0 Å². The van der Waals surface area contributed by atoms with E-state index in [1.54, 1.807) is 23.5 Å². The number of aliphatic carboxylic acids is 1. The molecular weight excluding hydrogens is 422 g/mol. The Hall–Kier alpha value is -2.22. The van der Waals surface area contributed by atoms with Crippen LogP contribution >= 0.6 is 22.9 Å². The number of halogens is 1. The second kappa shape index (κ2) is 8.88. The van der Waals surface area contributed by atoms with E-state index < -0.39 is 5.97 Å². The molecular formula is C22H24ClN3O3S. The Balaban J connectivity index is 1.68. The topological polar surface area (TPSA) is 75.5 Å². The Morgan fingerprint density at radius 2 is 2.03 bits per heavy atom. The van der Waals surface area contributed by atoms with Gasteiger partial charge in [-0.05, 0) is 56.4 Å². The van der Waals surface area contributed by atoms with Crippen LogP contribution in [-0.2, 0) is 16.2 Å². The van der Waals surface area contributed by atoms with Crippen LogP contribution in [-0.4, -0.2) is 28.2 Å². The summed E-state index contributed by atoms with van der Waals surface area (Å²) in [5.41, 5.74) is 1.02. The molecule has 158 valence electrons. The average molecular weight is 446 g/mol. The number of hydrogen-bond donors (Lipinski definition) is 1. The number of aromatic nitrogens is 2. The van der Waals surface area contributed by atoms with E-state index in [1.807, 2.05) is 24.3 Å². The molecule has 1 saturated carbocycles. The Kier molecular flexibility index (Phi) is 6.22. The molecule has 30 heavy (non-hydrogen) atoms. The van der Waals surface area contributed by atoms with Gasteiger partial charge in [-0.25, -0.2) is 15.0 Å². The van der Waals surface area contributed by atoms with Gasteiger partial charge in [0.15, 0.2) is 5.82 Å². The van der Waals surface area contributed by atoms with E-state index >= 15 is 0 Å². The molecule has 3 aromatic rings. The molecule has 0 bridgehead atoms. The highest BCUT2D eigenvalue weighted by molar-refractivity contribution is 7.18. The summed E-state index contributed by atoms with van der Waals surface area (Å²) in [5, 5.41) is 12.7. The molecule has 1 aromatic carbocycles. The van der Waals surface area contributed by atoms with Gasteiger partial charge in [0.1, 0.15) is 10.7 Å². The lowest BCUT2D eigenvalue weighted by molar-refractivity contribution is -0.142. The molecule has 0 saturated heterocycles. The molecule has 1 N–H and O–H groups in total. The Bertz CT molecular complexity index is 1060. The third-order valence-electron chi connectivity index (χ3n) is 5.63. The normalized spacial score (nSPS) is 19.2. The number of hydrogen-bond acceptors (Lipinski definition) is 6. The first kappa shape index (κ1) is 21.0. The number of benzene rings is 1. The molecule has 2 aromatic heterocycles. The molecule has 0 amide bonds. The number of aryl methyl sites for hydroxylation is 1. The van der Waals surface area contributed by atoms with Crippen molar-refractivity contribution >= 4 is 44.9 Å². The smallest absolute Gasteiger partial charge is 0.306 e. The Labute approximate surface area is 184 Å². The van der Waals surface area contributed by atoms with Crippen LogP contribution < -0.4 is 5.06 Å². The molecule has 1 aliphatic rings. The molecule has 1 aliphatic carbocycles. The number of nitrogens with zero attached hydrogens (tertiary/aromatic N) is 3. The van der Waals surface area contributed by atoms with Gasteiger partial charge in [0, 0.05) is 15.8 Å². The van der Waals surface area contributed by atoms with Gasteiger partial charge in [0.05, 0.1) is 25.0 Å². The van der Waals surface area contributed by atoms with Crippen molar-refractivity contribution in [1.82, 2.24) is 9.97 Å². The van der Waals surface area contributed by atoms with Gasteiger partial charge >= 0.3 is 5.97 Å². The fraction of sp³-hybridized carbons (Fsp3) is 0.409. The van der Waals surface area contributed by atoms with Crippen molar-refractivity contribution in [3.05, 3.63) is 51.6 Å². The Morgan fingerprint density at radius 3 is 2.70 bits per heavy atom. The highest BCUT2D eigenvalue weighted by Gasteiger charge is 2.29. The van der Waals surface area contributed by atoms with E-state index in [0.717, 1.165) is 45.1 Å². The summed E-state index contributed by atoms with van der Waals surface area (Å²) in [7, 11) is 1.63. The standard InChI is InChI=1S/C22H24ClN3O3S/c1-13-10-18-20(26(29-2)12-14-4-3-5-17(23)11-14)24-19(25-21(18)30-13)15-6-8-16(9-7-15)22(27)28/h3-5,10-11,15-16H,6-9,12H2,1-2H3,(H,27,28). The maximum Gasteiger partial charge on any atom is 0.306 e. The fourth-order valence-electron chi connectivity index (χ4n) is 4.04. The van der Waals surface area contributed by atoms with E-state index in [9.17, 15) is 9.90 Å². The number of fused-ring (bicyclic) bond motifs is 1. The molecule has 0 unspecified atom stereocenters. The van der Waals surface area contributed by atoms with Crippen LogP contribution in [0.25, 0.3) is 10.2 Å². The quantitative estimate of drug-likeness (QED) is 0.499. The molecule has 0 spiro atoms. The minimum atomic E-state index is -0.702. The summed E-state index contributed by atoms with van der Waals surface area (Å²) in [6, 6.07) is 9.77. The zero-order valence-corrected chi connectivity index (χ0v) is 18.5. The second-order valence-corrected chi connectivity index (χ2v) is 9.39. The Morgan fingerprint density at radius 1 is 1.27 bits per heavy atom. The molecule has 0 aliphatic heterocycles. The lowest BCUT2D eigenvalue weighted by Gasteiger charge is -2.27. The van der Waals surface area contributed by atoms with Crippen LogP contribution in [0.1, 0.15) is 47.9 Å². The minimum absolute atomic E-state index is 0.163. The summed E-state index contributed by atoms with van der Waals surface area (Å²) in [6.45, 7) is 2.56. The summed E-state index contributed by atoms with van der Waals surface area (Å²) >= 11 is 7.79. The van der Waals surface area contributed by atoms with Crippen LogP contribution in [0.5, 0.6) is 0 Å². The van der Waals surface area contributed by atoms with Crippen molar-refractivity contribution in [2.24, 2.45) is 5.92 Å². The summed E-state index contributed by atoms with van der Waals surface area (Å²) < 4.78 is 0. The first-order chi connectivity index (χ1) is 14.4. The number of rotatable bonds is 6. The van der Waals surface area contributed by atoms with Crippen molar-refractivity contribution in [3.8, 4) is 0 Å². The predicted molar refractivity (Wildman–Crippen MR) is 119 cm³/mol. The number of hydroxylamine groups is 1. The largest absolute Gasteiger partial charge is 0.481 e. The van der Waals surface area contributed by atoms with Gasteiger partial charge in [-0.3, -0.25) is 9.63 Å². The second-order valence-electron chi connectivity index (χ2n) is 7.72. The van der Waals surface area contributed by atoms with Crippen molar-refractivity contribution in [2.45, 2.75) is 45.1 Å². The number of carboxylic acid groups (broad SMARTS) is 1. The summed E-state index contributed by atoms with van der Waals surface area (Å²) in [6.07, 6.45) is 2.90. The first-order valence-electron chi connectivity index (χ1n) is 10.0. The van der Waals surface area contributed by atoms with Gasteiger partial charge in [-0.2, -0.15) is 0 Å².